The molecule has 1 fully saturated rings. The highest BCUT2D eigenvalue weighted by Crippen LogP contribution is 2.23. The topological polar surface area (TPSA) is 73.9 Å². The third-order valence-electron chi connectivity index (χ3n) is 4.15. The molecule has 1 heterocycles. The number of carbonyl (C=O) groups is 2. The molecule has 0 aromatic heterocycles. The van der Waals surface area contributed by atoms with Crippen LogP contribution < -0.4 is 10.1 Å². The Morgan fingerprint density at radius 1 is 1.04 bits per heavy atom. The molecule has 1 aliphatic heterocycles. The lowest BCUT2D eigenvalue weighted by molar-refractivity contribution is -0.222. The lowest BCUT2D eigenvalue weighted by Crippen LogP contribution is -2.42. The minimum atomic E-state index is -1.25. The van der Waals surface area contributed by atoms with Gasteiger partial charge in [-0.3, -0.25) is 0 Å². The Bertz CT molecular complexity index is 924. The van der Waals surface area contributed by atoms with Crippen molar-refractivity contribution in [3.05, 3.63) is 70.9 Å². The van der Waals surface area contributed by atoms with Crippen molar-refractivity contribution in [1.82, 2.24) is 0 Å². The van der Waals surface area contributed by atoms with Crippen LogP contribution in [0.3, 0.4) is 0 Å². The van der Waals surface area contributed by atoms with Crippen LogP contribution in [0.5, 0.6) is 5.75 Å². The van der Waals surface area contributed by atoms with Crippen molar-refractivity contribution < 1.29 is 23.8 Å². The van der Waals surface area contributed by atoms with Gasteiger partial charge < -0.3 is 19.5 Å². The zero-order valence-corrected chi connectivity index (χ0v) is 16.4. The second kappa shape index (κ2) is 7.76. The summed E-state index contributed by atoms with van der Waals surface area (Å²) in [5, 5.41) is 2.94. The second-order valence-corrected chi connectivity index (χ2v) is 7.14. The number of benzene rings is 2. The fourth-order valence-corrected chi connectivity index (χ4v) is 2.81. The largest absolute Gasteiger partial charge is 0.489 e. The summed E-state index contributed by atoms with van der Waals surface area (Å²) in [6, 6.07) is 13.5. The summed E-state index contributed by atoms with van der Waals surface area (Å²) in [6.45, 7) is 7.46. The van der Waals surface area contributed by atoms with E-state index in [1.54, 1.807) is 0 Å². The summed E-state index contributed by atoms with van der Waals surface area (Å²) in [5.41, 5.74) is 3.73. The molecule has 0 unspecified atom stereocenters. The number of carbonyl (C=O) groups excluding carboxylic acids is 2. The molecular formula is C22H23NO5. The van der Waals surface area contributed by atoms with Gasteiger partial charge in [0.25, 0.3) is 5.79 Å². The second-order valence-electron chi connectivity index (χ2n) is 7.14. The molecule has 0 atom stereocenters. The van der Waals surface area contributed by atoms with Crippen molar-refractivity contribution in [2.75, 3.05) is 5.32 Å². The monoisotopic (exact) mass is 381 g/mol. The van der Waals surface area contributed by atoms with Crippen molar-refractivity contribution in [2.45, 2.75) is 40.1 Å². The highest BCUT2D eigenvalue weighted by Gasteiger charge is 2.38. The molecule has 0 amide bonds. The van der Waals surface area contributed by atoms with Gasteiger partial charge in [-0.2, -0.15) is 0 Å². The summed E-state index contributed by atoms with van der Waals surface area (Å²) in [4.78, 5) is 23.9. The molecule has 28 heavy (non-hydrogen) atoms. The molecule has 0 spiro atoms. The number of ether oxygens (including phenoxy) is 3. The van der Waals surface area contributed by atoms with Gasteiger partial charge in [0.1, 0.15) is 12.4 Å². The van der Waals surface area contributed by atoms with Gasteiger partial charge in [-0.25, -0.2) is 9.59 Å². The first-order chi connectivity index (χ1) is 13.2. The Morgan fingerprint density at radius 2 is 1.75 bits per heavy atom. The maximum atomic E-state index is 12.0. The molecule has 0 saturated carbocycles. The number of hydrogen-bond donors (Lipinski definition) is 1. The van der Waals surface area contributed by atoms with Crippen LogP contribution in [0.4, 0.5) is 5.69 Å². The first kappa shape index (κ1) is 19.5. The van der Waals surface area contributed by atoms with Gasteiger partial charge in [0.15, 0.2) is 5.57 Å². The van der Waals surface area contributed by atoms with Crippen molar-refractivity contribution in [1.29, 1.82) is 0 Å². The van der Waals surface area contributed by atoms with Crippen molar-refractivity contribution in [2.24, 2.45) is 0 Å². The lowest BCUT2D eigenvalue weighted by Gasteiger charge is -2.29. The van der Waals surface area contributed by atoms with Crippen LogP contribution in [0.15, 0.2) is 54.2 Å². The van der Waals surface area contributed by atoms with Gasteiger partial charge in [-0.05, 0) is 43.2 Å². The molecule has 1 saturated heterocycles. The van der Waals surface area contributed by atoms with E-state index in [0.717, 1.165) is 16.9 Å². The minimum Gasteiger partial charge on any atom is -0.489 e. The van der Waals surface area contributed by atoms with Gasteiger partial charge in [-0.1, -0.05) is 29.8 Å². The number of hydrogen-bond acceptors (Lipinski definition) is 6. The number of anilines is 1. The third kappa shape index (κ3) is 4.71. The van der Waals surface area contributed by atoms with Crippen LogP contribution in [-0.2, 0) is 25.7 Å². The van der Waals surface area contributed by atoms with E-state index in [2.05, 4.69) is 11.4 Å². The molecule has 146 valence electrons. The lowest BCUT2D eigenvalue weighted by atomic mass is 10.1. The molecule has 0 radical (unpaired) electrons. The van der Waals surface area contributed by atoms with Gasteiger partial charge in [0.2, 0.25) is 0 Å². The molecule has 1 aliphatic rings. The Labute approximate surface area is 164 Å². The fraction of sp³-hybridized carbons (Fsp3) is 0.273. The Balaban J connectivity index is 1.66. The van der Waals surface area contributed by atoms with Crippen LogP contribution in [0, 0.1) is 13.8 Å². The van der Waals surface area contributed by atoms with Gasteiger partial charge in [-0.15, -0.1) is 0 Å². The van der Waals surface area contributed by atoms with Crippen LogP contribution in [0.25, 0.3) is 0 Å². The van der Waals surface area contributed by atoms with Crippen LogP contribution in [0.2, 0.25) is 0 Å². The van der Waals surface area contributed by atoms with Crippen LogP contribution in [0.1, 0.15) is 30.5 Å². The first-order valence-corrected chi connectivity index (χ1v) is 8.96. The predicted molar refractivity (Wildman–Crippen MR) is 105 cm³/mol. The number of aryl methyl sites for hydroxylation is 2. The molecule has 6 nitrogen and oxygen atoms in total. The molecule has 1 N–H and O–H groups in total. The molecule has 0 bridgehead atoms. The quantitative estimate of drug-likeness (QED) is 0.479. The minimum absolute atomic E-state index is 0.184. The highest BCUT2D eigenvalue weighted by molar-refractivity contribution is 6.15. The van der Waals surface area contributed by atoms with E-state index >= 15 is 0 Å². The van der Waals surface area contributed by atoms with Gasteiger partial charge >= 0.3 is 11.9 Å². The third-order valence-corrected chi connectivity index (χ3v) is 4.15. The average Bonchev–Trinajstić information content (AvgIpc) is 2.59. The molecule has 6 heteroatoms. The number of esters is 2. The zero-order valence-electron chi connectivity index (χ0n) is 16.4. The van der Waals surface area contributed by atoms with Crippen molar-refractivity contribution >= 4 is 17.6 Å². The Morgan fingerprint density at radius 3 is 2.43 bits per heavy atom. The summed E-state index contributed by atoms with van der Waals surface area (Å²) < 4.78 is 16.0. The van der Waals surface area contributed by atoms with Crippen LogP contribution >= 0.6 is 0 Å². The maximum absolute atomic E-state index is 12.0. The standard InChI is InChI=1S/C22H23NO5/c1-14-8-9-19(15(2)10-14)26-13-16-6-5-7-17(11-16)23-12-18-20(24)27-22(3,4)28-21(18)25/h5-12,23H,13H2,1-4H3. The van der Waals surface area contributed by atoms with Crippen molar-refractivity contribution in [3.63, 3.8) is 0 Å². The summed E-state index contributed by atoms with van der Waals surface area (Å²) in [5.74, 6) is -1.86. The van der Waals surface area contributed by atoms with Crippen LogP contribution in [-0.4, -0.2) is 17.7 Å². The highest BCUT2D eigenvalue weighted by atomic mass is 16.7. The van der Waals surface area contributed by atoms with E-state index in [1.807, 2.05) is 50.2 Å². The van der Waals surface area contributed by atoms with E-state index in [1.165, 1.54) is 25.6 Å². The zero-order chi connectivity index (χ0) is 20.3. The number of rotatable bonds is 5. The molecular weight excluding hydrogens is 358 g/mol. The number of nitrogens with one attached hydrogen (secondary N) is 1. The van der Waals surface area contributed by atoms with Crippen molar-refractivity contribution in [3.8, 4) is 5.75 Å². The molecule has 2 aromatic rings. The summed E-state index contributed by atoms with van der Waals surface area (Å²) in [7, 11) is 0. The molecule has 2 aromatic carbocycles. The number of cyclic esters (lactones) is 2. The first-order valence-electron chi connectivity index (χ1n) is 8.96. The maximum Gasteiger partial charge on any atom is 0.350 e. The van der Waals surface area contributed by atoms with Gasteiger partial charge in [0, 0.05) is 25.7 Å². The van der Waals surface area contributed by atoms with E-state index in [4.69, 9.17) is 14.2 Å². The predicted octanol–water partition coefficient (Wildman–Crippen LogP) is 4.01. The SMILES string of the molecule is Cc1ccc(OCc2cccc(NC=C3C(=O)OC(C)(C)OC3=O)c2)c(C)c1. The van der Waals surface area contributed by atoms with E-state index in [-0.39, 0.29) is 5.57 Å². The normalized spacial score (nSPS) is 15.5. The Hall–Kier alpha value is -3.28. The summed E-state index contributed by atoms with van der Waals surface area (Å²) in [6.07, 6.45) is 1.30. The summed E-state index contributed by atoms with van der Waals surface area (Å²) >= 11 is 0. The van der Waals surface area contributed by atoms with Gasteiger partial charge in [0.05, 0.1) is 0 Å². The molecule has 0 aliphatic carbocycles. The average molecular weight is 381 g/mol. The Kier molecular flexibility index (Phi) is 5.40. The smallest absolute Gasteiger partial charge is 0.350 e. The van der Waals surface area contributed by atoms with E-state index in [0.29, 0.717) is 12.3 Å². The fourth-order valence-electron chi connectivity index (χ4n) is 2.81. The van der Waals surface area contributed by atoms with E-state index < -0.39 is 17.7 Å². The molecule has 3 rings (SSSR count). The van der Waals surface area contributed by atoms with E-state index in [9.17, 15) is 9.59 Å².